The zero-order valence-corrected chi connectivity index (χ0v) is 7.70. The summed E-state index contributed by atoms with van der Waals surface area (Å²) in [5.41, 5.74) is 11.2. The summed E-state index contributed by atoms with van der Waals surface area (Å²) in [4.78, 5) is 2.76. The Morgan fingerprint density at radius 1 is 1.36 bits per heavy atom. The highest BCUT2D eigenvalue weighted by Gasteiger charge is 2.06. The van der Waals surface area contributed by atoms with E-state index >= 15 is 0 Å². The van der Waals surface area contributed by atoms with E-state index in [1.807, 2.05) is 18.2 Å². The molecule has 0 atom stereocenters. The van der Waals surface area contributed by atoms with Crippen molar-refractivity contribution in [2.24, 2.45) is 5.11 Å². The van der Waals surface area contributed by atoms with E-state index in [0.717, 1.165) is 30.9 Å². The number of anilines is 1. The summed E-state index contributed by atoms with van der Waals surface area (Å²) in [6.45, 7) is 2.69. The maximum atomic E-state index is 8.31. The zero-order valence-electron chi connectivity index (χ0n) is 7.70. The SMILES string of the molecule is [N-]=[N+]=Nc1ccc2c(c1)CNCCN2. The van der Waals surface area contributed by atoms with Gasteiger partial charge in [0.05, 0.1) is 0 Å². The Morgan fingerprint density at radius 3 is 3.14 bits per heavy atom. The maximum absolute atomic E-state index is 8.31. The lowest BCUT2D eigenvalue weighted by Gasteiger charge is -2.06. The molecule has 0 saturated heterocycles. The lowest BCUT2D eigenvalue weighted by atomic mass is 10.1. The van der Waals surface area contributed by atoms with E-state index in [9.17, 15) is 0 Å². The van der Waals surface area contributed by atoms with Gasteiger partial charge < -0.3 is 10.6 Å². The van der Waals surface area contributed by atoms with Crippen LogP contribution in [0.1, 0.15) is 5.56 Å². The van der Waals surface area contributed by atoms with E-state index in [4.69, 9.17) is 5.53 Å². The van der Waals surface area contributed by atoms with E-state index in [-0.39, 0.29) is 0 Å². The average molecular weight is 189 g/mol. The summed E-state index contributed by atoms with van der Waals surface area (Å²) in [7, 11) is 0. The quantitative estimate of drug-likeness (QED) is 0.403. The van der Waals surface area contributed by atoms with Gasteiger partial charge in [0, 0.05) is 35.9 Å². The van der Waals surface area contributed by atoms with Gasteiger partial charge in [-0.1, -0.05) is 11.2 Å². The summed E-state index contributed by atoms with van der Waals surface area (Å²) in [5, 5.41) is 10.1. The highest BCUT2D eigenvalue weighted by molar-refractivity contribution is 5.58. The summed E-state index contributed by atoms with van der Waals surface area (Å²) >= 11 is 0. The molecular weight excluding hydrogens is 178 g/mol. The van der Waals surface area contributed by atoms with Gasteiger partial charge in [-0.25, -0.2) is 0 Å². The smallest absolute Gasteiger partial charge is 0.0386 e. The number of rotatable bonds is 1. The first-order chi connectivity index (χ1) is 6.90. The second-order valence-electron chi connectivity index (χ2n) is 3.13. The minimum absolute atomic E-state index is 0.664. The molecule has 2 N–H and O–H groups in total. The summed E-state index contributed by atoms with van der Waals surface area (Å²) in [5.74, 6) is 0. The lowest BCUT2D eigenvalue weighted by Crippen LogP contribution is -2.16. The first kappa shape index (κ1) is 8.87. The minimum Gasteiger partial charge on any atom is -0.384 e. The molecule has 5 nitrogen and oxygen atoms in total. The van der Waals surface area contributed by atoms with E-state index in [1.165, 1.54) is 0 Å². The number of benzene rings is 1. The summed E-state index contributed by atoms with van der Waals surface area (Å²) in [6.07, 6.45) is 0. The van der Waals surface area contributed by atoms with Crippen molar-refractivity contribution in [3.8, 4) is 0 Å². The van der Waals surface area contributed by atoms with Gasteiger partial charge in [-0.2, -0.15) is 0 Å². The number of fused-ring (bicyclic) bond motifs is 1. The highest BCUT2D eigenvalue weighted by atomic mass is 15.1. The van der Waals surface area contributed by atoms with E-state index in [2.05, 4.69) is 20.7 Å². The van der Waals surface area contributed by atoms with Gasteiger partial charge in [-0.15, -0.1) is 0 Å². The first-order valence-electron chi connectivity index (χ1n) is 4.53. The number of azide groups is 1. The third-order valence-corrected chi connectivity index (χ3v) is 2.18. The van der Waals surface area contributed by atoms with Crippen LogP contribution in [0.25, 0.3) is 10.4 Å². The number of hydrogen-bond acceptors (Lipinski definition) is 3. The lowest BCUT2D eigenvalue weighted by molar-refractivity contribution is 0.725. The van der Waals surface area contributed by atoms with Crippen molar-refractivity contribution in [3.05, 3.63) is 34.2 Å². The van der Waals surface area contributed by atoms with Crippen LogP contribution in [0, 0.1) is 0 Å². The number of nitrogens with one attached hydrogen (secondary N) is 2. The van der Waals surface area contributed by atoms with Crippen LogP contribution >= 0.6 is 0 Å². The predicted octanol–water partition coefficient (Wildman–Crippen LogP) is 2.14. The molecule has 2 rings (SSSR count). The minimum atomic E-state index is 0.664. The van der Waals surface area contributed by atoms with Crippen molar-refractivity contribution >= 4 is 11.4 Å². The third-order valence-electron chi connectivity index (χ3n) is 2.18. The molecule has 0 spiro atoms. The van der Waals surface area contributed by atoms with Gasteiger partial charge in [0.15, 0.2) is 0 Å². The molecule has 0 aliphatic carbocycles. The Labute approximate surface area is 81.8 Å². The van der Waals surface area contributed by atoms with Crippen LogP contribution in [0.15, 0.2) is 23.3 Å². The molecule has 5 heteroatoms. The van der Waals surface area contributed by atoms with Crippen LogP contribution in [-0.2, 0) is 6.54 Å². The molecule has 0 amide bonds. The molecule has 0 radical (unpaired) electrons. The topological polar surface area (TPSA) is 72.8 Å². The molecule has 0 bridgehead atoms. The highest BCUT2D eigenvalue weighted by Crippen LogP contribution is 2.23. The van der Waals surface area contributed by atoms with Crippen molar-refractivity contribution in [2.45, 2.75) is 6.54 Å². The van der Waals surface area contributed by atoms with Gasteiger partial charge in [0.25, 0.3) is 0 Å². The molecule has 0 unspecified atom stereocenters. The van der Waals surface area contributed by atoms with E-state index in [1.54, 1.807) is 0 Å². The third kappa shape index (κ3) is 1.79. The van der Waals surface area contributed by atoms with Crippen LogP contribution < -0.4 is 10.6 Å². The standard InChI is InChI=1S/C9H11N5/c10-14-13-8-1-2-9-7(5-8)6-11-3-4-12-9/h1-2,5,11-12H,3-4,6H2. The fourth-order valence-corrected chi connectivity index (χ4v) is 1.52. The number of hydrogen-bond donors (Lipinski definition) is 2. The van der Waals surface area contributed by atoms with Crippen LogP contribution in [-0.4, -0.2) is 13.1 Å². The largest absolute Gasteiger partial charge is 0.384 e. The van der Waals surface area contributed by atoms with Crippen molar-refractivity contribution < 1.29 is 0 Å². The number of nitrogens with zero attached hydrogens (tertiary/aromatic N) is 3. The normalized spacial score (nSPS) is 14.6. The molecule has 1 aliphatic rings. The van der Waals surface area contributed by atoms with E-state index < -0.39 is 0 Å². The summed E-state index contributed by atoms with van der Waals surface area (Å²) < 4.78 is 0. The fourth-order valence-electron chi connectivity index (χ4n) is 1.52. The van der Waals surface area contributed by atoms with Gasteiger partial charge in [-0.05, 0) is 23.2 Å². The molecular formula is C9H11N5. The van der Waals surface area contributed by atoms with Crippen LogP contribution in [0.3, 0.4) is 0 Å². The molecule has 0 saturated carbocycles. The Kier molecular flexibility index (Phi) is 2.53. The molecule has 1 aromatic carbocycles. The molecule has 1 aromatic rings. The van der Waals surface area contributed by atoms with Crippen molar-refractivity contribution in [1.29, 1.82) is 0 Å². The van der Waals surface area contributed by atoms with Crippen molar-refractivity contribution in [1.82, 2.24) is 5.32 Å². The van der Waals surface area contributed by atoms with Crippen molar-refractivity contribution in [3.63, 3.8) is 0 Å². The van der Waals surface area contributed by atoms with E-state index in [0.29, 0.717) is 5.69 Å². The Hall–Kier alpha value is -1.71. The Morgan fingerprint density at radius 2 is 2.29 bits per heavy atom. The Bertz CT molecular complexity index is 381. The maximum Gasteiger partial charge on any atom is 0.0386 e. The van der Waals surface area contributed by atoms with Gasteiger partial charge in [-0.3, -0.25) is 0 Å². The monoisotopic (exact) mass is 189 g/mol. The molecule has 14 heavy (non-hydrogen) atoms. The molecule has 1 heterocycles. The van der Waals surface area contributed by atoms with Crippen LogP contribution in [0.5, 0.6) is 0 Å². The summed E-state index contributed by atoms with van der Waals surface area (Å²) in [6, 6.07) is 5.67. The zero-order chi connectivity index (χ0) is 9.80. The van der Waals surface area contributed by atoms with Gasteiger partial charge in [0.2, 0.25) is 0 Å². The fraction of sp³-hybridized carbons (Fsp3) is 0.333. The predicted molar refractivity (Wildman–Crippen MR) is 55.4 cm³/mol. The molecule has 72 valence electrons. The molecule has 0 aromatic heterocycles. The molecule has 0 fully saturated rings. The van der Waals surface area contributed by atoms with Crippen LogP contribution in [0.4, 0.5) is 11.4 Å². The van der Waals surface area contributed by atoms with Gasteiger partial charge in [0.1, 0.15) is 0 Å². The second kappa shape index (κ2) is 4.00. The first-order valence-corrected chi connectivity index (χ1v) is 4.53. The Balaban J connectivity index is 2.36. The average Bonchev–Trinajstić information content (AvgIpc) is 2.42. The van der Waals surface area contributed by atoms with Crippen molar-refractivity contribution in [2.75, 3.05) is 18.4 Å². The second-order valence-corrected chi connectivity index (χ2v) is 3.13. The molecule has 1 aliphatic heterocycles. The van der Waals surface area contributed by atoms with Crippen LogP contribution in [0.2, 0.25) is 0 Å². The van der Waals surface area contributed by atoms with Gasteiger partial charge >= 0.3 is 0 Å².